The van der Waals surface area contributed by atoms with Gasteiger partial charge >= 0.3 is 0 Å². The molecule has 1 saturated carbocycles. The summed E-state index contributed by atoms with van der Waals surface area (Å²) in [6, 6.07) is 13.4. The van der Waals surface area contributed by atoms with E-state index in [1.807, 2.05) is 36.4 Å². The number of aromatic nitrogens is 2. The van der Waals surface area contributed by atoms with Gasteiger partial charge in [-0.25, -0.2) is 0 Å². The van der Waals surface area contributed by atoms with Crippen molar-refractivity contribution in [2.45, 2.75) is 18.3 Å². The van der Waals surface area contributed by atoms with Gasteiger partial charge in [0, 0.05) is 5.92 Å². The quantitative estimate of drug-likeness (QED) is 0.801. The lowest BCUT2D eigenvalue weighted by atomic mass is 10.1. The van der Waals surface area contributed by atoms with Crippen molar-refractivity contribution in [1.82, 2.24) is 9.97 Å². The normalized spacial score (nSPS) is 19.2. The third-order valence-electron chi connectivity index (χ3n) is 4.62. The van der Waals surface area contributed by atoms with E-state index < -0.39 is 0 Å². The number of benzene rings is 2. The Labute approximate surface area is 139 Å². The number of nitrogens with zero attached hydrogens (tertiary/aromatic N) is 1. The van der Waals surface area contributed by atoms with Crippen molar-refractivity contribution < 1.29 is 9.47 Å². The number of methoxy groups -OCH3 is 2. The maximum atomic E-state index is 12.2. The lowest BCUT2D eigenvalue weighted by Gasteiger charge is -2.09. The first-order valence-corrected chi connectivity index (χ1v) is 7.92. The summed E-state index contributed by atoms with van der Waals surface area (Å²) in [5.74, 6) is 2.78. The van der Waals surface area contributed by atoms with Gasteiger partial charge < -0.3 is 14.5 Å². The molecule has 1 aliphatic rings. The molecule has 1 aliphatic carbocycles. The molecule has 0 bridgehead atoms. The van der Waals surface area contributed by atoms with E-state index in [4.69, 9.17) is 9.47 Å². The second kappa shape index (κ2) is 5.67. The van der Waals surface area contributed by atoms with Crippen LogP contribution in [0.15, 0.2) is 47.3 Å². The van der Waals surface area contributed by atoms with Crippen LogP contribution in [0.4, 0.5) is 0 Å². The van der Waals surface area contributed by atoms with Crippen LogP contribution >= 0.6 is 0 Å². The maximum Gasteiger partial charge on any atom is 0.280 e. The summed E-state index contributed by atoms with van der Waals surface area (Å²) < 4.78 is 10.7. The van der Waals surface area contributed by atoms with E-state index in [1.54, 1.807) is 20.3 Å². The second-order valence-corrected chi connectivity index (χ2v) is 6.04. The molecule has 2 atom stereocenters. The summed E-state index contributed by atoms with van der Waals surface area (Å²) in [5, 5.41) is 0.629. The Hall–Kier alpha value is -2.82. The van der Waals surface area contributed by atoms with Gasteiger partial charge in [-0.15, -0.1) is 0 Å². The Morgan fingerprint density at radius 2 is 1.83 bits per heavy atom. The Bertz CT molecular complexity index is 964. The molecule has 5 nitrogen and oxygen atoms in total. The van der Waals surface area contributed by atoms with Gasteiger partial charge in [0.1, 0.15) is 5.82 Å². The van der Waals surface area contributed by atoms with Gasteiger partial charge in [0.25, 0.3) is 5.56 Å². The molecule has 3 aromatic rings. The van der Waals surface area contributed by atoms with Gasteiger partial charge in [0.15, 0.2) is 11.5 Å². The van der Waals surface area contributed by atoms with Crippen LogP contribution in [0.1, 0.15) is 29.6 Å². The lowest BCUT2D eigenvalue weighted by molar-refractivity contribution is 0.354. The average molecular weight is 322 g/mol. The van der Waals surface area contributed by atoms with Crippen molar-refractivity contribution >= 4 is 10.9 Å². The van der Waals surface area contributed by atoms with Crippen molar-refractivity contribution in [1.29, 1.82) is 0 Å². The molecule has 5 heteroatoms. The minimum absolute atomic E-state index is 0.169. The number of para-hydroxylation sites is 1. The number of fused-ring (bicyclic) bond motifs is 1. The van der Waals surface area contributed by atoms with Crippen LogP contribution in [0.25, 0.3) is 10.9 Å². The molecule has 2 aromatic carbocycles. The number of rotatable bonds is 4. The summed E-state index contributed by atoms with van der Waals surface area (Å²) in [6.07, 6.45) is 0.969. The molecular formula is C19H18N2O3. The summed E-state index contributed by atoms with van der Waals surface area (Å²) >= 11 is 0. The first-order valence-electron chi connectivity index (χ1n) is 7.92. The van der Waals surface area contributed by atoms with E-state index in [2.05, 4.69) is 9.97 Å². The van der Waals surface area contributed by atoms with Gasteiger partial charge in [0.2, 0.25) is 0 Å². The van der Waals surface area contributed by atoms with Crippen LogP contribution in [-0.4, -0.2) is 24.2 Å². The smallest absolute Gasteiger partial charge is 0.280 e. The Kier molecular flexibility index (Phi) is 3.49. The van der Waals surface area contributed by atoms with E-state index in [-0.39, 0.29) is 11.5 Å². The highest BCUT2D eigenvalue weighted by Gasteiger charge is 2.42. The van der Waals surface area contributed by atoms with Gasteiger partial charge in [-0.05, 0) is 42.2 Å². The molecule has 0 radical (unpaired) electrons. The summed E-state index contributed by atoms with van der Waals surface area (Å²) in [7, 11) is 3.26. The predicted octanol–water partition coefficient (Wildman–Crippen LogP) is 3.21. The highest BCUT2D eigenvalue weighted by molar-refractivity contribution is 5.77. The monoisotopic (exact) mass is 322 g/mol. The fourth-order valence-electron chi connectivity index (χ4n) is 3.24. The second-order valence-electron chi connectivity index (χ2n) is 6.04. The van der Waals surface area contributed by atoms with Crippen LogP contribution in [0.5, 0.6) is 11.5 Å². The topological polar surface area (TPSA) is 64.2 Å². The van der Waals surface area contributed by atoms with Crippen LogP contribution < -0.4 is 15.0 Å². The number of hydrogen-bond donors (Lipinski definition) is 1. The van der Waals surface area contributed by atoms with E-state index in [9.17, 15) is 4.79 Å². The summed E-state index contributed by atoms with van der Waals surface area (Å²) in [4.78, 5) is 19.8. The fourth-order valence-corrected chi connectivity index (χ4v) is 3.24. The minimum atomic E-state index is -0.169. The number of aromatic amines is 1. The SMILES string of the molecule is COc1ccc(C2CC2c2nc(=O)c3ccccc3[nH]2)cc1OC. The summed E-state index contributed by atoms with van der Waals surface area (Å²) in [5.41, 5.74) is 1.84. The molecule has 0 amide bonds. The molecule has 0 spiro atoms. The Morgan fingerprint density at radius 3 is 2.62 bits per heavy atom. The molecule has 1 fully saturated rings. The largest absolute Gasteiger partial charge is 0.493 e. The fraction of sp³-hybridized carbons (Fsp3) is 0.263. The van der Waals surface area contributed by atoms with Crippen molar-refractivity contribution in [2.75, 3.05) is 14.2 Å². The molecule has 2 unspecified atom stereocenters. The molecule has 0 saturated heterocycles. The van der Waals surface area contributed by atoms with Crippen molar-refractivity contribution in [3.8, 4) is 11.5 Å². The number of H-pyrrole nitrogens is 1. The number of nitrogens with one attached hydrogen (secondary N) is 1. The zero-order valence-corrected chi connectivity index (χ0v) is 13.6. The predicted molar refractivity (Wildman–Crippen MR) is 92.0 cm³/mol. The van der Waals surface area contributed by atoms with Gasteiger partial charge in [0.05, 0.1) is 25.1 Å². The third-order valence-corrected chi connectivity index (χ3v) is 4.62. The van der Waals surface area contributed by atoms with Crippen molar-refractivity contribution in [3.63, 3.8) is 0 Å². The average Bonchev–Trinajstić information content (AvgIpc) is 3.42. The number of hydrogen-bond acceptors (Lipinski definition) is 4. The lowest BCUT2D eigenvalue weighted by Crippen LogP contribution is -2.11. The molecule has 1 N–H and O–H groups in total. The highest BCUT2D eigenvalue weighted by Crippen LogP contribution is 2.54. The van der Waals surface area contributed by atoms with Crippen LogP contribution in [-0.2, 0) is 0 Å². The number of ether oxygens (including phenoxy) is 2. The van der Waals surface area contributed by atoms with E-state index in [1.165, 1.54) is 5.56 Å². The third kappa shape index (κ3) is 2.42. The molecule has 122 valence electrons. The van der Waals surface area contributed by atoms with Crippen LogP contribution in [0, 0.1) is 0 Å². The molecule has 24 heavy (non-hydrogen) atoms. The van der Waals surface area contributed by atoms with E-state index in [0.29, 0.717) is 11.3 Å². The van der Waals surface area contributed by atoms with E-state index in [0.717, 1.165) is 29.3 Å². The Morgan fingerprint density at radius 1 is 1.04 bits per heavy atom. The summed E-state index contributed by atoms with van der Waals surface area (Å²) in [6.45, 7) is 0. The molecule has 0 aliphatic heterocycles. The molecule has 4 rings (SSSR count). The standard InChI is InChI=1S/C19H18N2O3/c1-23-16-8-7-11(9-17(16)24-2)13-10-14(13)18-20-15-6-4-3-5-12(15)19(22)21-18/h3-9,13-14H,10H2,1-2H3,(H,20,21,22). The molecule has 1 heterocycles. The zero-order chi connectivity index (χ0) is 16.7. The molecular weight excluding hydrogens is 304 g/mol. The van der Waals surface area contributed by atoms with Gasteiger partial charge in [-0.1, -0.05) is 18.2 Å². The Balaban J connectivity index is 1.66. The first kappa shape index (κ1) is 14.8. The minimum Gasteiger partial charge on any atom is -0.493 e. The van der Waals surface area contributed by atoms with Crippen LogP contribution in [0.3, 0.4) is 0 Å². The first-order chi connectivity index (χ1) is 11.7. The van der Waals surface area contributed by atoms with Crippen LogP contribution in [0.2, 0.25) is 0 Å². The highest BCUT2D eigenvalue weighted by atomic mass is 16.5. The maximum absolute atomic E-state index is 12.2. The van der Waals surface area contributed by atoms with Gasteiger partial charge in [-0.2, -0.15) is 4.98 Å². The zero-order valence-electron chi connectivity index (χ0n) is 13.6. The van der Waals surface area contributed by atoms with Gasteiger partial charge in [-0.3, -0.25) is 4.79 Å². The molecule has 1 aromatic heterocycles. The van der Waals surface area contributed by atoms with E-state index >= 15 is 0 Å². The van der Waals surface area contributed by atoms with Crippen molar-refractivity contribution in [2.24, 2.45) is 0 Å². The van der Waals surface area contributed by atoms with Crippen molar-refractivity contribution in [3.05, 3.63) is 64.2 Å².